The highest BCUT2D eigenvalue weighted by Crippen LogP contribution is 2.22. The predicted octanol–water partition coefficient (Wildman–Crippen LogP) is 1.25. The minimum atomic E-state index is 0.393. The third-order valence-corrected chi connectivity index (χ3v) is 3.64. The zero-order chi connectivity index (χ0) is 14.2. The molecule has 1 unspecified atom stereocenters. The van der Waals surface area contributed by atoms with E-state index in [2.05, 4.69) is 47.5 Å². The summed E-state index contributed by atoms with van der Waals surface area (Å²) < 4.78 is 3.96. The Morgan fingerprint density at radius 1 is 1.37 bits per heavy atom. The van der Waals surface area contributed by atoms with E-state index in [4.69, 9.17) is 5.73 Å². The molecule has 0 saturated heterocycles. The van der Waals surface area contributed by atoms with Gasteiger partial charge in [0, 0.05) is 19.6 Å². The molecule has 0 bridgehead atoms. The van der Waals surface area contributed by atoms with E-state index in [-0.39, 0.29) is 0 Å². The summed E-state index contributed by atoms with van der Waals surface area (Å²) in [4.78, 5) is 6.68. The Balaban J connectivity index is 2.46. The van der Waals surface area contributed by atoms with E-state index < -0.39 is 0 Å². The van der Waals surface area contributed by atoms with Gasteiger partial charge in [0.05, 0.1) is 5.69 Å². The van der Waals surface area contributed by atoms with Crippen molar-refractivity contribution in [2.45, 2.75) is 39.3 Å². The summed E-state index contributed by atoms with van der Waals surface area (Å²) in [6, 6.07) is 0.393. The second-order valence-electron chi connectivity index (χ2n) is 5.39. The fourth-order valence-corrected chi connectivity index (χ4v) is 2.27. The van der Waals surface area contributed by atoms with Gasteiger partial charge in [-0.2, -0.15) is 5.10 Å². The number of nitrogen functional groups attached to an aromatic ring is 1. The number of aromatic nitrogens is 4. The number of likely N-dealkylation sites (N-methyl/N-ethyl adjacent to an activating group) is 1. The summed E-state index contributed by atoms with van der Waals surface area (Å²) in [5.41, 5.74) is 9.09. The largest absolute Gasteiger partial charge is 0.369 e. The van der Waals surface area contributed by atoms with Crippen molar-refractivity contribution in [3.63, 3.8) is 0 Å². The summed E-state index contributed by atoms with van der Waals surface area (Å²) in [6.07, 6.45) is 2.00. The molecule has 0 fully saturated rings. The van der Waals surface area contributed by atoms with Crippen molar-refractivity contribution in [1.29, 1.82) is 0 Å². The van der Waals surface area contributed by atoms with Crippen LogP contribution in [0.5, 0.6) is 0 Å². The molecule has 0 aromatic carbocycles. The molecule has 1 atom stereocenters. The first-order valence-electron chi connectivity index (χ1n) is 6.79. The maximum Gasteiger partial charge on any atom is 0.202 e. The maximum atomic E-state index is 6.07. The van der Waals surface area contributed by atoms with Crippen LogP contribution in [0.1, 0.15) is 26.0 Å². The molecule has 2 aromatic heterocycles. The molecule has 0 aliphatic rings. The van der Waals surface area contributed by atoms with Gasteiger partial charge in [-0.3, -0.25) is 9.25 Å². The molecule has 6 heteroatoms. The average Bonchev–Trinajstić information content (AvgIpc) is 2.80. The van der Waals surface area contributed by atoms with Crippen LogP contribution in [0.3, 0.4) is 0 Å². The molecule has 0 aliphatic carbocycles. The summed E-state index contributed by atoms with van der Waals surface area (Å²) in [6.45, 7) is 5.14. The Morgan fingerprint density at radius 3 is 2.63 bits per heavy atom. The van der Waals surface area contributed by atoms with E-state index in [0.717, 1.165) is 36.2 Å². The van der Waals surface area contributed by atoms with Gasteiger partial charge in [0.2, 0.25) is 5.95 Å². The van der Waals surface area contributed by atoms with Gasteiger partial charge >= 0.3 is 0 Å². The molecule has 2 rings (SSSR count). The smallest absolute Gasteiger partial charge is 0.202 e. The Morgan fingerprint density at radius 2 is 2.05 bits per heavy atom. The number of aryl methyl sites for hydroxylation is 2. The SMILES string of the molecule is CCCc1nn(C)c2c1nc(N)n2CC(C)N(C)C. The molecule has 0 radical (unpaired) electrons. The van der Waals surface area contributed by atoms with Crippen LogP contribution in [-0.2, 0) is 20.0 Å². The lowest BCUT2D eigenvalue weighted by atomic mass is 10.2. The van der Waals surface area contributed by atoms with E-state index in [1.807, 2.05) is 11.7 Å². The maximum absolute atomic E-state index is 6.07. The van der Waals surface area contributed by atoms with Gasteiger partial charge < -0.3 is 10.6 Å². The highest BCUT2D eigenvalue weighted by Gasteiger charge is 2.19. The normalized spacial score (nSPS) is 13.6. The van der Waals surface area contributed by atoms with E-state index in [0.29, 0.717) is 12.0 Å². The van der Waals surface area contributed by atoms with Gasteiger partial charge in [-0.1, -0.05) is 13.3 Å². The number of nitrogens with zero attached hydrogens (tertiary/aromatic N) is 5. The van der Waals surface area contributed by atoms with Crippen molar-refractivity contribution in [3.8, 4) is 0 Å². The number of hydrogen-bond acceptors (Lipinski definition) is 4. The van der Waals surface area contributed by atoms with Crippen LogP contribution in [0.2, 0.25) is 0 Å². The standard InChI is InChI=1S/C13H24N6/c1-6-7-10-11-12(18(5)16-10)19(13(14)15-11)8-9(2)17(3)4/h9H,6-8H2,1-5H3,(H2,14,15). The van der Waals surface area contributed by atoms with Gasteiger partial charge in [0.1, 0.15) is 5.52 Å². The number of anilines is 1. The first-order chi connectivity index (χ1) is 8.95. The average molecular weight is 264 g/mol. The highest BCUT2D eigenvalue weighted by molar-refractivity contribution is 5.77. The van der Waals surface area contributed by atoms with Gasteiger partial charge in [-0.05, 0) is 27.4 Å². The fraction of sp³-hybridized carbons (Fsp3) is 0.692. The summed E-state index contributed by atoms with van der Waals surface area (Å²) >= 11 is 0. The van der Waals surface area contributed by atoms with E-state index in [1.54, 1.807) is 0 Å². The molecule has 6 nitrogen and oxygen atoms in total. The van der Waals surface area contributed by atoms with Crippen LogP contribution in [0, 0.1) is 0 Å². The van der Waals surface area contributed by atoms with Crippen LogP contribution in [0.15, 0.2) is 0 Å². The van der Waals surface area contributed by atoms with Gasteiger partial charge in [0.15, 0.2) is 5.65 Å². The van der Waals surface area contributed by atoms with Crippen LogP contribution in [-0.4, -0.2) is 44.4 Å². The molecule has 0 aliphatic heterocycles. The minimum Gasteiger partial charge on any atom is -0.369 e. The number of fused-ring (bicyclic) bond motifs is 1. The number of hydrogen-bond donors (Lipinski definition) is 1. The van der Waals surface area contributed by atoms with Gasteiger partial charge in [-0.15, -0.1) is 0 Å². The van der Waals surface area contributed by atoms with Crippen molar-refractivity contribution >= 4 is 17.1 Å². The van der Waals surface area contributed by atoms with E-state index in [9.17, 15) is 0 Å². The lowest BCUT2D eigenvalue weighted by Gasteiger charge is -2.20. The molecule has 2 aromatic rings. The number of nitrogens with two attached hydrogens (primary N) is 1. The first-order valence-corrected chi connectivity index (χ1v) is 6.79. The Kier molecular flexibility index (Phi) is 3.80. The monoisotopic (exact) mass is 264 g/mol. The van der Waals surface area contributed by atoms with E-state index in [1.165, 1.54) is 0 Å². The van der Waals surface area contributed by atoms with Crippen molar-refractivity contribution < 1.29 is 0 Å². The third kappa shape index (κ3) is 2.45. The van der Waals surface area contributed by atoms with Crippen LogP contribution in [0.4, 0.5) is 5.95 Å². The Labute approximate surface area is 114 Å². The van der Waals surface area contributed by atoms with Gasteiger partial charge in [-0.25, -0.2) is 4.98 Å². The quantitative estimate of drug-likeness (QED) is 0.883. The van der Waals surface area contributed by atoms with Crippen molar-refractivity contribution in [2.75, 3.05) is 19.8 Å². The van der Waals surface area contributed by atoms with Crippen molar-refractivity contribution in [2.24, 2.45) is 7.05 Å². The van der Waals surface area contributed by atoms with E-state index >= 15 is 0 Å². The predicted molar refractivity (Wildman–Crippen MR) is 78.1 cm³/mol. The zero-order valence-electron chi connectivity index (χ0n) is 12.5. The molecule has 19 heavy (non-hydrogen) atoms. The fourth-order valence-electron chi connectivity index (χ4n) is 2.27. The minimum absolute atomic E-state index is 0.393. The molecule has 106 valence electrons. The number of rotatable bonds is 5. The summed E-state index contributed by atoms with van der Waals surface area (Å²) in [7, 11) is 6.10. The Bertz CT molecular complexity index is 565. The summed E-state index contributed by atoms with van der Waals surface area (Å²) in [5.74, 6) is 0.578. The zero-order valence-corrected chi connectivity index (χ0v) is 12.5. The van der Waals surface area contributed by atoms with Crippen molar-refractivity contribution in [3.05, 3.63) is 5.69 Å². The van der Waals surface area contributed by atoms with Crippen LogP contribution < -0.4 is 5.73 Å². The molecular formula is C13H24N6. The first kappa shape index (κ1) is 13.9. The molecule has 2 N–H and O–H groups in total. The Hall–Kier alpha value is -1.56. The second-order valence-corrected chi connectivity index (χ2v) is 5.39. The van der Waals surface area contributed by atoms with Crippen molar-refractivity contribution in [1.82, 2.24) is 24.2 Å². The molecule has 0 amide bonds. The lowest BCUT2D eigenvalue weighted by molar-refractivity contribution is 0.286. The molecule has 0 spiro atoms. The highest BCUT2D eigenvalue weighted by atomic mass is 15.4. The summed E-state index contributed by atoms with van der Waals surface area (Å²) in [5, 5.41) is 4.56. The molecule has 0 saturated carbocycles. The second kappa shape index (κ2) is 5.21. The molecule has 2 heterocycles. The van der Waals surface area contributed by atoms with Gasteiger partial charge in [0.25, 0.3) is 0 Å². The lowest BCUT2D eigenvalue weighted by Crippen LogP contribution is -2.29. The topological polar surface area (TPSA) is 64.9 Å². The third-order valence-electron chi connectivity index (χ3n) is 3.64. The van der Waals surface area contributed by atoms with Crippen LogP contribution >= 0.6 is 0 Å². The number of imidazole rings is 1. The molecular weight excluding hydrogens is 240 g/mol. The van der Waals surface area contributed by atoms with Crippen LogP contribution in [0.25, 0.3) is 11.2 Å².